The summed E-state index contributed by atoms with van der Waals surface area (Å²) < 4.78 is 0. The fraction of sp³-hybridized carbons (Fsp3) is 1.00. The molecule has 0 aromatic rings. The highest BCUT2D eigenvalue weighted by atomic mass is 79.9. The first-order valence-electron chi connectivity index (χ1n) is 5.21. The van der Waals surface area contributed by atoms with Crippen LogP contribution in [0.25, 0.3) is 0 Å². The van der Waals surface area contributed by atoms with Gasteiger partial charge in [-0.1, -0.05) is 0 Å². The van der Waals surface area contributed by atoms with Crippen molar-refractivity contribution in [3.8, 4) is 0 Å². The molecular weight excluding hydrogens is 240 g/mol. The second-order valence-electron chi connectivity index (χ2n) is 6.01. The van der Waals surface area contributed by atoms with E-state index in [4.69, 9.17) is 0 Å². The Kier molecular flexibility index (Phi) is 4.63. The van der Waals surface area contributed by atoms with Gasteiger partial charge >= 0.3 is 0 Å². The summed E-state index contributed by atoms with van der Waals surface area (Å²) in [6.07, 6.45) is 0. The number of nitrogens with zero attached hydrogens (tertiary/aromatic N) is 2. The quantitative estimate of drug-likeness (QED) is 0.664. The monoisotopic (exact) mass is 264 g/mol. The van der Waals surface area contributed by atoms with Crippen LogP contribution in [0.3, 0.4) is 0 Å². The average molecular weight is 265 g/mol. The molecule has 14 heavy (non-hydrogen) atoms. The highest BCUT2D eigenvalue weighted by molar-refractivity contribution is 8.93. The maximum Gasteiger partial charge on any atom is 0.0516 e. The van der Waals surface area contributed by atoms with Gasteiger partial charge in [-0.3, -0.25) is 9.80 Å². The minimum absolute atomic E-state index is 0. The third kappa shape index (κ3) is 3.52. The number of hydrogen-bond acceptors (Lipinski definition) is 2. The second kappa shape index (κ2) is 4.50. The SMILES string of the molecule is Br.CC(C)(C)N1CCN(C(C)(C)C)C1. The zero-order chi connectivity index (χ0) is 10.3. The van der Waals surface area contributed by atoms with Crippen molar-refractivity contribution in [2.75, 3.05) is 19.8 Å². The van der Waals surface area contributed by atoms with E-state index >= 15 is 0 Å². The average Bonchev–Trinajstić information content (AvgIpc) is 2.28. The van der Waals surface area contributed by atoms with Crippen LogP contribution in [0.15, 0.2) is 0 Å². The zero-order valence-corrected chi connectivity index (χ0v) is 12.1. The number of hydrogen-bond donors (Lipinski definition) is 0. The maximum atomic E-state index is 2.54. The summed E-state index contributed by atoms with van der Waals surface area (Å²) in [7, 11) is 0. The molecule has 1 rings (SSSR count). The van der Waals surface area contributed by atoms with Crippen LogP contribution in [-0.2, 0) is 0 Å². The summed E-state index contributed by atoms with van der Waals surface area (Å²) >= 11 is 0. The van der Waals surface area contributed by atoms with E-state index in [1.165, 1.54) is 13.1 Å². The van der Waals surface area contributed by atoms with Gasteiger partial charge in [0.2, 0.25) is 0 Å². The van der Waals surface area contributed by atoms with Gasteiger partial charge in [-0.2, -0.15) is 0 Å². The second-order valence-corrected chi connectivity index (χ2v) is 6.01. The van der Waals surface area contributed by atoms with Crippen molar-refractivity contribution in [2.45, 2.75) is 52.6 Å². The molecular formula is C11H25BrN2. The molecule has 3 heteroatoms. The van der Waals surface area contributed by atoms with E-state index in [9.17, 15) is 0 Å². The predicted molar refractivity (Wildman–Crippen MR) is 68.1 cm³/mol. The van der Waals surface area contributed by atoms with Gasteiger partial charge in [0.05, 0.1) is 6.67 Å². The maximum absolute atomic E-state index is 2.54. The van der Waals surface area contributed by atoms with E-state index in [0.29, 0.717) is 11.1 Å². The molecule has 2 nitrogen and oxygen atoms in total. The van der Waals surface area contributed by atoms with Gasteiger partial charge in [-0.25, -0.2) is 0 Å². The van der Waals surface area contributed by atoms with Gasteiger partial charge in [-0.15, -0.1) is 17.0 Å². The van der Waals surface area contributed by atoms with Gasteiger partial charge in [0.15, 0.2) is 0 Å². The van der Waals surface area contributed by atoms with Crippen LogP contribution in [-0.4, -0.2) is 40.6 Å². The van der Waals surface area contributed by atoms with Crippen LogP contribution < -0.4 is 0 Å². The molecule has 1 aliphatic heterocycles. The molecule has 1 heterocycles. The highest BCUT2D eigenvalue weighted by Gasteiger charge is 2.33. The van der Waals surface area contributed by atoms with Crippen molar-refractivity contribution >= 4 is 17.0 Å². The van der Waals surface area contributed by atoms with E-state index in [0.717, 1.165) is 6.67 Å². The van der Waals surface area contributed by atoms with Crippen molar-refractivity contribution in [1.29, 1.82) is 0 Å². The zero-order valence-electron chi connectivity index (χ0n) is 10.4. The standard InChI is InChI=1S/C11H24N2.BrH/c1-10(2,3)12-7-8-13(9-12)11(4,5)6;/h7-9H2,1-6H3;1H. The van der Waals surface area contributed by atoms with Gasteiger partial charge in [0, 0.05) is 24.2 Å². The third-order valence-corrected chi connectivity index (χ3v) is 2.88. The van der Waals surface area contributed by atoms with Crippen molar-refractivity contribution < 1.29 is 0 Å². The molecule has 0 saturated carbocycles. The van der Waals surface area contributed by atoms with E-state index in [1.54, 1.807) is 0 Å². The minimum atomic E-state index is 0. The fourth-order valence-corrected chi connectivity index (χ4v) is 1.68. The van der Waals surface area contributed by atoms with Gasteiger partial charge in [0.25, 0.3) is 0 Å². The molecule has 0 radical (unpaired) electrons. The molecule has 1 aliphatic rings. The molecule has 0 aromatic heterocycles. The molecule has 0 aromatic carbocycles. The summed E-state index contributed by atoms with van der Waals surface area (Å²) in [4.78, 5) is 5.08. The lowest BCUT2D eigenvalue weighted by molar-refractivity contribution is 0.0959. The molecule has 0 N–H and O–H groups in total. The Hall–Kier alpha value is 0.400. The summed E-state index contributed by atoms with van der Waals surface area (Å²) in [5, 5.41) is 0. The molecule has 0 amide bonds. The molecule has 0 atom stereocenters. The van der Waals surface area contributed by atoms with Crippen molar-refractivity contribution in [1.82, 2.24) is 9.80 Å². The van der Waals surface area contributed by atoms with Gasteiger partial charge in [-0.05, 0) is 41.5 Å². The largest absolute Gasteiger partial charge is 0.284 e. The topological polar surface area (TPSA) is 6.48 Å². The van der Waals surface area contributed by atoms with E-state index in [-0.39, 0.29) is 17.0 Å². The lowest BCUT2D eigenvalue weighted by Gasteiger charge is -2.35. The molecule has 1 fully saturated rings. The van der Waals surface area contributed by atoms with Crippen molar-refractivity contribution in [3.63, 3.8) is 0 Å². The Morgan fingerprint density at radius 3 is 1.14 bits per heavy atom. The molecule has 86 valence electrons. The van der Waals surface area contributed by atoms with E-state index in [2.05, 4.69) is 51.3 Å². The van der Waals surface area contributed by atoms with Crippen LogP contribution in [0, 0.1) is 0 Å². The molecule has 0 aliphatic carbocycles. The van der Waals surface area contributed by atoms with Crippen LogP contribution >= 0.6 is 17.0 Å². The number of halogens is 1. The number of rotatable bonds is 0. The fourth-order valence-electron chi connectivity index (χ4n) is 1.68. The Bertz CT molecular complexity index is 159. The first-order chi connectivity index (χ1) is 5.71. The van der Waals surface area contributed by atoms with Crippen molar-refractivity contribution in [3.05, 3.63) is 0 Å². The molecule has 1 saturated heterocycles. The van der Waals surface area contributed by atoms with Crippen LogP contribution in [0.5, 0.6) is 0 Å². The first-order valence-corrected chi connectivity index (χ1v) is 5.21. The lowest BCUT2D eigenvalue weighted by Crippen LogP contribution is -2.44. The van der Waals surface area contributed by atoms with Crippen LogP contribution in [0.2, 0.25) is 0 Å². The van der Waals surface area contributed by atoms with E-state index < -0.39 is 0 Å². The van der Waals surface area contributed by atoms with Crippen LogP contribution in [0.4, 0.5) is 0 Å². The van der Waals surface area contributed by atoms with Gasteiger partial charge < -0.3 is 0 Å². The Balaban J connectivity index is 0.00000169. The molecule has 0 unspecified atom stereocenters. The highest BCUT2D eigenvalue weighted by Crippen LogP contribution is 2.23. The summed E-state index contributed by atoms with van der Waals surface area (Å²) in [5.74, 6) is 0. The van der Waals surface area contributed by atoms with Gasteiger partial charge in [0.1, 0.15) is 0 Å². The molecule has 0 spiro atoms. The Morgan fingerprint density at radius 1 is 0.714 bits per heavy atom. The normalized spacial score (nSPS) is 21.0. The summed E-state index contributed by atoms with van der Waals surface area (Å²) in [6.45, 7) is 17.3. The Morgan fingerprint density at radius 2 is 1.00 bits per heavy atom. The Labute approximate surface area is 99.4 Å². The smallest absolute Gasteiger partial charge is 0.0516 e. The van der Waals surface area contributed by atoms with Crippen LogP contribution in [0.1, 0.15) is 41.5 Å². The minimum Gasteiger partial charge on any atom is -0.284 e. The molecule has 0 bridgehead atoms. The first kappa shape index (κ1) is 14.4. The van der Waals surface area contributed by atoms with E-state index in [1.807, 2.05) is 0 Å². The lowest BCUT2D eigenvalue weighted by atomic mass is 10.1. The summed E-state index contributed by atoms with van der Waals surface area (Å²) in [6, 6.07) is 0. The predicted octanol–water partition coefficient (Wildman–Crippen LogP) is 2.74. The summed E-state index contributed by atoms with van der Waals surface area (Å²) in [5.41, 5.74) is 0.639. The van der Waals surface area contributed by atoms with Crippen molar-refractivity contribution in [2.24, 2.45) is 0 Å². The third-order valence-electron chi connectivity index (χ3n) is 2.88.